The number of nitrogens with two attached hydrogens (primary N) is 2. The molecule has 31 heteroatoms. The van der Waals surface area contributed by atoms with E-state index in [4.69, 9.17) is 11.5 Å². The van der Waals surface area contributed by atoms with E-state index < -0.39 is 194 Å². The Balaban J connectivity index is 1.81. The van der Waals surface area contributed by atoms with E-state index >= 15 is 0 Å². The van der Waals surface area contributed by atoms with Gasteiger partial charge in [-0.15, -0.1) is 0 Å². The first-order chi connectivity index (χ1) is 40.4. The van der Waals surface area contributed by atoms with E-state index in [1.807, 2.05) is 0 Å². The molecule has 10 amide bonds. The van der Waals surface area contributed by atoms with Gasteiger partial charge >= 0.3 is 17.9 Å². The largest absolute Gasteiger partial charge is 0.508 e. The number of rotatable bonds is 36. The second-order valence-corrected chi connectivity index (χ2v) is 21.6. The number of carbonyl (C=O) groups excluding carboxylic acids is 10. The summed E-state index contributed by atoms with van der Waals surface area (Å²) in [5.41, 5.74) is 12.8. The summed E-state index contributed by atoms with van der Waals surface area (Å²) in [6, 6.07) is -1.72. The summed E-state index contributed by atoms with van der Waals surface area (Å²) in [5.74, 6) is -15.6. The second-order valence-electron chi connectivity index (χ2n) is 21.2. The Morgan fingerprint density at radius 1 is 0.558 bits per heavy atom. The third kappa shape index (κ3) is 23.9. The molecule has 0 saturated carbocycles. The molecule has 30 nitrogen and oxygen atoms in total. The summed E-state index contributed by atoms with van der Waals surface area (Å²) in [7, 11) is 0. The topological polar surface area (TPSA) is 495 Å². The van der Waals surface area contributed by atoms with Gasteiger partial charge in [0.1, 0.15) is 60.1 Å². The predicted octanol–water partition coefficient (Wildman–Crippen LogP) is -3.81. The number of nitrogens with one attached hydrogen (secondary N) is 8. The van der Waals surface area contributed by atoms with Crippen LogP contribution in [0.1, 0.15) is 96.6 Å². The average molecular weight is 1230 g/mol. The van der Waals surface area contributed by atoms with Crippen LogP contribution >= 0.6 is 12.6 Å². The lowest BCUT2D eigenvalue weighted by Crippen LogP contribution is -2.62. The molecule has 2 aromatic rings. The molecule has 1 saturated heterocycles. The van der Waals surface area contributed by atoms with Crippen LogP contribution in [0.2, 0.25) is 0 Å². The third-order valence-electron chi connectivity index (χ3n) is 13.6. The van der Waals surface area contributed by atoms with Crippen molar-refractivity contribution < 1.29 is 93.0 Å². The second kappa shape index (κ2) is 35.1. The molecule has 0 aromatic heterocycles. The van der Waals surface area contributed by atoms with E-state index in [0.29, 0.717) is 17.5 Å². The zero-order chi connectivity index (χ0) is 64.5. The quantitative estimate of drug-likeness (QED) is 0.0291. The van der Waals surface area contributed by atoms with Gasteiger partial charge in [-0.3, -0.25) is 57.5 Å². The molecule has 18 N–H and O–H groups in total. The van der Waals surface area contributed by atoms with Gasteiger partial charge in [-0.2, -0.15) is 12.6 Å². The molecule has 0 radical (unpaired) electrons. The van der Waals surface area contributed by atoms with Crippen LogP contribution in [0, 0.1) is 5.92 Å². The van der Waals surface area contributed by atoms with E-state index in [0.717, 1.165) is 13.8 Å². The molecule has 0 unspecified atom stereocenters. The van der Waals surface area contributed by atoms with Gasteiger partial charge in [0.05, 0.1) is 18.2 Å². The van der Waals surface area contributed by atoms with E-state index in [1.165, 1.54) is 17.0 Å². The Morgan fingerprint density at radius 2 is 0.988 bits per heavy atom. The van der Waals surface area contributed by atoms with Crippen LogP contribution in [0.3, 0.4) is 0 Å². The van der Waals surface area contributed by atoms with Crippen molar-refractivity contribution in [1.82, 2.24) is 47.4 Å². The molecule has 2 aromatic carbocycles. The zero-order valence-electron chi connectivity index (χ0n) is 47.9. The van der Waals surface area contributed by atoms with Crippen molar-refractivity contribution in [2.45, 2.75) is 171 Å². The number of benzene rings is 2. The molecule has 1 fully saturated rings. The van der Waals surface area contributed by atoms with Crippen LogP contribution in [0.15, 0.2) is 54.6 Å². The van der Waals surface area contributed by atoms with Crippen LogP contribution < -0.4 is 54.0 Å². The van der Waals surface area contributed by atoms with Gasteiger partial charge in [0.25, 0.3) is 0 Å². The minimum Gasteiger partial charge on any atom is -0.508 e. The maximum atomic E-state index is 14.1. The highest BCUT2D eigenvalue weighted by Crippen LogP contribution is 2.21. The highest BCUT2D eigenvalue weighted by molar-refractivity contribution is 7.80. The van der Waals surface area contributed by atoms with Crippen molar-refractivity contribution in [2.24, 2.45) is 17.4 Å². The molecule has 0 aliphatic carbocycles. The average Bonchev–Trinajstić information content (AvgIpc) is 4.15. The van der Waals surface area contributed by atoms with Gasteiger partial charge in [-0.1, -0.05) is 56.3 Å². The number of nitrogens with zero attached hydrogens (tertiary/aromatic N) is 1. The Bertz CT molecular complexity index is 2720. The van der Waals surface area contributed by atoms with Crippen molar-refractivity contribution in [3.05, 3.63) is 65.7 Å². The van der Waals surface area contributed by atoms with Crippen molar-refractivity contribution >= 4 is 89.6 Å². The predicted molar refractivity (Wildman–Crippen MR) is 307 cm³/mol. The number of aliphatic hydroxyl groups excluding tert-OH is 2. The summed E-state index contributed by atoms with van der Waals surface area (Å²) >= 11 is 4.09. The molecule has 0 bridgehead atoms. The van der Waals surface area contributed by atoms with Crippen molar-refractivity contribution in [2.75, 3.05) is 12.3 Å². The maximum Gasteiger partial charge on any atom is 0.326 e. The molecular formula is C55H79N11O19S. The SMILES string of the molecule is CC(C)C[C@H](NC(=O)[C@@H]1CCCN1C(=O)[C@@H](N)Cc1ccc(O)cc1)C(=O)N[C@@H](CCC(N)=O)C(=O)N[C@@H](CCC(=O)O)C(=O)N[C@H](C(=O)N[C@@H](CCC(=O)O)C(=O)N[C@@H](CS)C(=O)N[C@H](C(=O)N[C@@H](Cc1ccccc1)C(=O)O)[C@@H](C)O)[C@@H](C)O. The number of phenolic OH excluding ortho intramolecular Hbond substituents is 1. The van der Waals surface area contributed by atoms with Gasteiger partial charge in [-0.25, -0.2) is 4.79 Å². The Morgan fingerprint density at radius 3 is 1.44 bits per heavy atom. The number of hydrogen-bond acceptors (Lipinski definition) is 18. The lowest BCUT2D eigenvalue weighted by Gasteiger charge is -2.30. The van der Waals surface area contributed by atoms with Crippen molar-refractivity contribution in [3.8, 4) is 5.75 Å². The van der Waals surface area contributed by atoms with Crippen molar-refractivity contribution in [3.63, 3.8) is 0 Å². The summed E-state index contributed by atoms with van der Waals surface area (Å²) in [5, 5.41) is 78.3. The number of carboxylic acid groups (broad SMARTS) is 3. The van der Waals surface area contributed by atoms with Crippen LogP contribution in [0.5, 0.6) is 5.75 Å². The molecular weight excluding hydrogens is 1150 g/mol. The van der Waals surface area contributed by atoms with Crippen LogP contribution in [-0.4, -0.2) is 197 Å². The van der Waals surface area contributed by atoms with E-state index in [9.17, 15) is 93.0 Å². The van der Waals surface area contributed by atoms with Crippen LogP contribution in [-0.2, 0) is 75.2 Å². The molecule has 86 heavy (non-hydrogen) atoms. The number of aliphatic carboxylic acids is 3. The monoisotopic (exact) mass is 1230 g/mol. The van der Waals surface area contributed by atoms with Crippen molar-refractivity contribution in [1.29, 1.82) is 0 Å². The molecule has 0 spiro atoms. The van der Waals surface area contributed by atoms with Crippen LogP contribution in [0.4, 0.5) is 0 Å². The molecule has 3 rings (SSSR count). The number of primary amides is 1. The fourth-order valence-corrected chi connectivity index (χ4v) is 9.25. The number of aromatic hydroxyl groups is 1. The number of amides is 10. The number of likely N-dealkylation sites (tertiary alicyclic amines) is 1. The van der Waals surface area contributed by atoms with Gasteiger partial charge in [0, 0.05) is 38.0 Å². The lowest BCUT2D eigenvalue weighted by atomic mass is 10.0. The Labute approximate surface area is 500 Å². The number of phenols is 1. The number of aliphatic hydroxyl groups is 2. The highest BCUT2D eigenvalue weighted by Gasteiger charge is 2.40. The molecule has 1 aliphatic heterocycles. The van der Waals surface area contributed by atoms with E-state index in [-0.39, 0.29) is 43.9 Å². The first-order valence-electron chi connectivity index (χ1n) is 27.6. The number of carboxylic acids is 3. The number of thiol groups is 1. The van der Waals surface area contributed by atoms with E-state index in [2.05, 4.69) is 55.2 Å². The Kier molecular flexibility index (Phi) is 29.4. The Hall–Kier alpha value is -8.42. The summed E-state index contributed by atoms with van der Waals surface area (Å²) in [6.45, 7) is 5.75. The maximum absolute atomic E-state index is 14.1. The fraction of sp³-hybridized carbons (Fsp3) is 0.545. The highest BCUT2D eigenvalue weighted by atomic mass is 32.1. The van der Waals surface area contributed by atoms with Gasteiger partial charge in [-0.05, 0) is 88.0 Å². The normalized spacial score (nSPS) is 16.8. The smallest absolute Gasteiger partial charge is 0.326 e. The van der Waals surface area contributed by atoms with Gasteiger partial charge in [0.15, 0.2) is 0 Å². The first kappa shape index (κ1) is 71.8. The molecule has 12 atom stereocenters. The fourth-order valence-electron chi connectivity index (χ4n) is 8.99. The molecule has 1 aliphatic rings. The summed E-state index contributed by atoms with van der Waals surface area (Å²) in [6.07, 6.45) is -6.96. The summed E-state index contributed by atoms with van der Waals surface area (Å²) in [4.78, 5) is 173. The van der Waals surface area contributed by atoms with Gasteiger partial charge < -0.3 is 89.5 Å². The molecule has 474 valence electrons. The number of carbonyl (C=O) groups is 13. The lowest BCUT2D eigenvalue weighted by molar-refractivity contribution is -0.143. The number of hydrogen-bond donors (Lipinski definition) is 17. The zero-order valence-corrected chi connectivity index (χ0v) is 48.8. The minimum atomic E-state index is -2.05. The van der Waals surface area contributed by atoms with Gasteiger partial charge in [0.2, 0.25) is 59.1 Å². The minimum absolute atomic E-state index is 0.0117. The van der Waals surface area contributed by atoms with Crippen LogP contribution in [0.25, 0.3) is 0 Å². The summed E-state index contributed by atoms with van der Waals surface area (Å²) < 4.78 is 0. The standard InChI is InChI=1S/C55H79N11O19S/c1-27(2)23-37(61-51(80)40-11-8-22-66(40)54(83)33(56)24-31-12-14-32(69)15-13-31)49(78)59-34(16-19-41(57)70)46(75)58-36(18-21-43(73)74)48(77)64-44(28(3)67)52(81)60-35(17-20-42(71)72)47(76)63-39(26-86)50(79)65-45(29(4)68)53(82)62-38(55(84)85)25-30-9-6-5-7-10-30/h5-7,9-10,12-15,27-29,33-40,44-45,67-69,86H,8,11,16-26,56H2,1-4H3,(H2,57,70)(H,58,75)(H,59,78)(H,60,81)(H,61,80)(H,62,82)(H,63,76)(H,64,77)(H,65,79)(H,71,72)(H,73,74)(H,84,85)/t28-,29-,33+,34+,35+,36+,37+,38+,39+,40+,44+,45+/m1/s1. The molecule has 1 heterocycles. The third-order valence-corrected chi connectivity index (χ3v) is 14.0. The first-order valence-corrected chi connectivity index (χ1v) is 28.3. The van der Waals surface area contributed by atoms with E-state index in [1.54, 1.807) is 56.3 Å².